The van der Waals surface area contributed by atoms with E-state index in [0.717, 1.165) is 11.1 Å². The lowest BCUT2D eigenvalue weighted by atomic mass is 10.1. The SMILES string of the molecule is O=S(=O)(O)c1ccc(CCNc2nc(C#Cc3ccccc3)nc3c2ncn3[C@@H]2CCC(O)[C@H]2O)cc1. The van der Waals surface area contributed by atoms with Crippen molar-refractivity contribution in [1.29, 1.82) is 0 Å². The molecular weight excluding hydrogens is 494 g/mol. The molecule has 0 aliphatic heterocycles. The Morgan fingerprint density at radius 3 is 2.43 bits per heavy atom. The van der Waals surface area contributed by atoms with E-state index in [-0.39, 0.29) is 16.8 Å². The third-order valence-electron chi connectivity index (χ3n) is 6.35. The Hall–Kier alpha value is -3.82. The Kier molecular flexibility index (Phi) is 6.90. The van der Waals surface area contributed by atoms with Gasteiger partial charge in [-0.1, -0.05) is 36.3 Å². The summed E-state index contributed by atoms with van der Waals surface area (Å²) >= 11 is 0. The zero-order valence-corrected chi connectivity index (χ0v) is 20.5. The number of fused-ring (bicyclic) bond motifs is 1. The summed E-state index contributed by atoms with van der Waals surface area (Å²) in [6.45, 7) is 0.459. The lowest BCUT2D eigenvalue weighted by Crippen LogP contribution is -2.27. The van der Waals surface area contributed by atoms with Crippen LogP contribution in [0.15, 0.2) is 65.8 Å². The first-order valence-electron chi connectivity index (χ1n) is 11.8. The van der Waals surface area contributed by atoms with Gasteiger partial charge < -0.3 is 20.1 Å². The van der Waals surface area contributed by atoms with Crippen LogP contribution < -0.4 is 5.32 Å². The quantitative estimate of drug-likeness (QED) is 0.222. The standard InChI is InChI=1S/C26H25N5O5S/c32-21-12-11-20(24(21)33)31-16-28-23-25(27-15-14-18-6-9-19(10-7-18)37(34,35)36)29-22(30-26(23)31)13-8-17-4-2-1-3-5-17/h1-7,9-10,16,20-21,24,32-33H,11-12,14-15H2,(H,27,29,30)(H,34,35,36)/t20-,21?,24+/m1/s1. The first-order valence-corrected chi connectivity index (χ1v) is 13.2. The summed E-state index contributed by atoms with van der Waals surface area (Å²) in [6.07, 6.45) is 1.50. The summed E-state index contributed by atoms with van der Waals surface area (Å²) in [7, 11) is -4.24. The molecule has 1 aliphatic rings. The average Bonchev–Trinajstić information content (AvgIpc) is 3.46. The second-order valence-electron chi connectivity index (χ2n) is 8.83. The number of aromatic nitrogens is 4. The molecule has 1 saturated carbocycles. The molecule has 0 amide bonds. The van der Waals surface area contributed by atoms with Crippen LogP contribution in [0.3, 0.4) is 0 Å². The molecule has 1 fully saturated rings. The van der Waals surface area contributed by atoms with E-state index in [1.165, 1.54) is 12.1 Å². The summed E-state index contributed by atoms with van der Waals surface area (Å²) in [5, 5.41) is 23.8. The number of hydrogen-bond donors (Lipinski definition) is 4. The van der Waals surface area contributed by atoms with Gasteiger partial charge in [0.05, 0.1) is 23.4 Å². The summed E-state index contributed by atoms with van der Waals surface area (Å²) in [5.41, 5.74) is 2.70. The number of aliphatic hydroxyl groups excluding tert-OH is 2. The van der Waals surface area contributed by atoms with Gasteiger partial charge in [0.15, 0.2) is 17.0 Å². The molecule has 37 heavy (non-hydrogen) atoms. The van der Waals surface area contributed by atoms with Crippen LogP contribution in [0.25, 0.3) is 11.2 Å². The third-order valence-corrected chi connectivity index (χ3v) is 7.21. The molecule has 2 aromatic carbocycles. The van der Waals surface area contributed by atoms with Crippen LogP contribution in [0, 0.1) is 11.8 Å². The summed E-state index contributed by atoms with van der Waals surface area (Å²) < 4.78 is 33.4. The largest absolute Gasteiger partial charge is 0.390 e. The van der Waals surface area contributed by atoms with Crippen LogP contribution in [0.1, 0.15) is 35.8 Å². The molecule has 11 heteroatoms. The molecule has 1 aliphatic carbocycles. The fraction of sp³-hybridized carbons (Fsp3) is 0.269. The lowest BCUT2D eigenvalue weighted by molar-refractivity contribution is 0.0241. The van der Waals surface area contributed by atoms with Gasteiger partial charge in [-0.2, -0.15) is 8.42 Å². The van der Waals surface area contributed by atoms with Gasteiger partial charge in [-0.25, -0.2) is 15.0 Å². The van der Waals surface area contributed by atoms with Crippen molar-refractivity contribution in [1.82, 2.24) is 19.5 Å². The molecule has 5 rings (SSSR count). The highest BCUT2D eigenvalue weighted by molar-refractivity contribution is 7.85. The van der Waals surface area contributed by atoms with Gasteiger partial charge >= 0.3 is 0 Å². The summed E-state index contributed by atoms with van der Waals surface area (Å²) in [4.78, 5) is 13.5. The Morgan fingerprint density at radius 2 is 1.76 bits per heavy atom. The number of imidazole rings is 1. The minimum atomic E-state index is -4.24. The fourth-order valence-corrected chi connectivity index (χ4v) is 4.86. The number of anilines is 1. The minimum absolute atomic E-state index is 0.159. The molecule has 190 valence electrons. The van der Waals surface area contributed by atoms with Crippen molar-refractivity contribution >= 4 is 27.1 Å². The molecule has 0 spiro atoms. The first kappa shape index (κ1) is 24.9. The van der Waals surface area contributed by atoms with Gasteiger partial charge in [-0.15, -0.1) is 0 Å². The van der Waals surface area contributed by atoms with Gasteiger partial charge in [0.1, 0.15) is 6.10 Å². The monoisotopic (exact) mass is 519 g/mol. The van der Waals surface area contributed by atoms with Gasteiger partial charge in [0.25, 0.3) is 10.1 Å². The van der Waals surface area contributed by atoms with E-state index in [4.69, 9.17) is 4.55 Å². The second-order valence-corrected chi connectivity index (χ2v) is 10.3. The molecule has 2 aromatic heterocycles. The zero-order valence-electron chi connectivity index (χ0n) is 19.7. The van der Waals surface area contributed by atoms with E-state index in [0.29, 0.717) is 42.8 Å². The second kappa shape index (κ2) is 10.3. The summed E-state index contributed by atoms with van der Waals surface area (Å²) in [6, 6.07) is 15.1. The molecule has 4 N–H and O–H groups in total. The van der Waals surface area contributed by atoms with Gasteiger partial charge in [0.2, 0.25) is 5.82 Å². The molecule has 0 radical (unpaired) electrons. The molecule has 4 aromatic rings. The number of benzene rings is 2. The van der Waals surface area contributed by atoms with Crippen molar-refractivity contribution in [2.24, 2.45) is 0 Å². The zero-order chi connectivity index (χ0) is 26.0. The van der Waals surface area contributed by atoms with Gasteiger partial charge in [-0.05, 0) is 55.0 Å². The van der Waals surface area contributed by atoms with Crippen molar-refractivity contribution in [3.05, 3.63) is 77.9 Å². The van der Waals surface area contributed by atoms with Gasteiger partial charge in [0, 0.05) is 12.1 Å². The predicted molar refractivity (Wildman–Crippen MR) is 136 cm³/mol. The normalized spacial score (nSPS) is 19.5. The number of nitrogens with one attached hydrogen (secondary N) is 1. The highest BCUT2D eigenvalue weighted by atomic mass is 32.2. The van der Waals surface area contributed by atoms with E-state index >= 15 is 0 Å². The molecule has 0 saturated heterocycles. The summed E-state index contributed by atoms with van der Waals surface area (Å²) in [5.74, 6) is 6.82. The lowest BCUT2D eigenvalue weighted by Gasteiger charge is -2.18. The maximum Gasteiger partial charge on any atom is 0.294 e. The van der Waals surface area contributed by atoms with Crippen molar-refractivity contribution in [2.45, 2.75) is 42.4 Å². The van der Waals surface area contributed by atoms with Crippen LogP contribution >= 0.6 is 0 Å². The topological polar surface area (TPSA) is 150 Å². The van der Waals surface area contributed by atoms with Crippen LogP contribution in [0.2, 0.25) is 0 Å². The Morgan fingerprint density at radius 1 is 1.00 bits per heavy atom. The van der Waals surface area contributed by atoms with Crippen molar-refractivity contribution < 1.29 is 23.2 Å². The smallest absolute Gasteiger partial charge is 0.294 e. The van der Waals surface area contributed by atoms with E-state index in [9.17, 15) is 18.6 Å². The molecular formula is C26H25N5O5S. The van der Waals surface area contributed by atoms with Crippen molar-refractivity contribution in [3.63, 3.8) is 0 Å². The maximum atomic E-state index is 11.3. The highest BCUT2D eigenvalue weighted by Gasteiger charge is 2.35. The molecule has 0 bridgehead atoms. The van der Waals surface area contributed by atoms with Crippen LogP contribution in [-0.2, 0) is 16.5 Å². The molecule has 10 nitrogen and oxygen atoms in total. The van der Waals surface area contributed by atoms with Crippen LogP contribution in [0.4, 0.5) is 5.82 Å². The fourth-order valence-electron chi connectivity index (χ4n) is 4.38. The number of nitrogens with zero attached hydrogens (tertiary/aromatic N) is 4. The molecule has 1 unspecified atom stereocenters. The molecule has 2 heterocycles. The number of hydrogen-bond acceptors (Lipinski definition) is 8. The van der Waals surface area contributed by atoms with Crippen LogP contribution in [0.5, 0.6) is 0 Å². The average molecular weight is 520 g/mol. The Labute approximate surface area is 213 Å². The Balaban J connectivity index is 1.44. The number of aliphatic hydroxyl groups is 2. The molecule has 3 atom stereocenters. The maximum absolute atomic E-state index is 11.3. The van der Waals surface area contributed by atoms with Crippen molar-refractivity contribution in [2.75, 3.05) is 11.9 Å². The predicted octanol–water partition coefficient (Wildman–Crippen LogP) is 2.18. The first-order chi connectivity index (χ1) is 17.8. The highest BCUT2D eigenvalue weighted by Crippen LogP contribution is 2.33. The van der Waals surface area contributed by atoms with E-state index in [1.54, 1.807) is 23.0 Å². The van der Waals surface area contributed by atoms with Crippen molar-refractivity contribution in [3.8, 4) is 11.8 Å². The van der Waals surface area contributed by atoms with Crippen LogP contribution in [-0.4, -0.2) is 61.5 Å². The third kappa shape index (κ3) is 5.47. The van der Waals surface area contributed by atoms with E-state index in [1.807, 2.05) is 30.3 Å². The number of rotatable bonds is 6. The van der Waals surface area contributed by atoms with Gasteiger partial charge in [-0.3, -0.25) is 4.55 Å². The van der Waals surface area contributed by atoms with E-state index < -0.39 is 22.3 Å². The Bertz CT molecular complexity index is 1580. The minimum Gasteiger partial charge on any atom is -0.390 e. The van der Waals surface area contributed by atoms with E-state index in [2.05, 4.69) is 32.1 Å².